The molecule has 0 spiro atoms. The summed E-state index contributed by atoms with van der Waals surface area (Å²) in [4.78, 5) is 8.81. The lowest BCUT2D eigenvalue weighted by molar-refractivity contribution is -0.173. The highest BCUT2D eigenvalue weighted by atomic mass is 127. The Labute approximate surface area is 191 Å². The molecule has 0 unspecified atom stereocenters. The number of hydrogen-bond donors (Lipinski definition) is 1. The molecule has 0 saturated carbocycles. The predicted molar refractivity (Wildman–Crippen MR) is 118 cm³/mol. The number of benzene rings is 1. The molecule has 7 nitrogen and oxygen atoms in total. The number of hydrogen-bond acceptors (Lipinski definition) is 5. The smallest absolute Gasteiger partial charge is 0.411 e. The van der Waals surface area contributed by atoms with Crippen molar-refractivity contribution in [2.24, 2.45) is 4.99 Å². The van der Waals surface area contributed by atoms with Crippen LogP contribution in [0.2, 0.25) is 0 Å². The van der Waals surface area contributed by atoms with Crippen molar-refractivity contribution in [1.29, 1.82) is 0 Å². The highest BCUT2D eigenvalue weighted by molar-refractivity contribution is 14.0. The zero-order chi connectivity index (χ0) is 20.7. The van der Waals surface area contributed by atoms with Crippen molar-refractivity contribution in [2.75, 3.05) is 59.8 Å². The Morgan fingerprint density at radius 2 is 1.90 bits per heavy atom. The lowest BCUT2D eigenvalue weighted by Gasteiger charge is -2.36. The number of alkyl halides is 3. The number of fused-ring (bicyclic) bond motifs is 1. The third kappa shape index (κ3) is 7.65. The van der Waals surface area contributed by atoms with Gasteiger partial charge in [-0.15, -0.1) is 24.0 Å². The zero-order valence-electron chi connectivity index (χ0n) is 16.9. The molecule has 170 valence electrons. The summed E-state index contributed by atoms with van der Waals surface area (Å²) in [6, 6.07) is 6.02. The van der Waals surface area contributed by atoms with E-state index >= 15 is 0 Å². The Morgan fingerprint density at radius 3 is 2.60 bits per heavy atom. The Morgan fingerprint density at radius 1 is 1.17 bits per heavy atom. The molecule has 0 aliphatic carbocycles. The SMILES string of the molecule is CN=C(NCCCOCC(F)(F)F)N1CCN(Cc2ccc3c(c2)OCO3)CC1.I. The third-order valence-electron chi connectivity index (χ3n) is 4.74. The maximum Gasteiger partial charge on any atom is 0.411 e. The normalized spacial score (nSPS) is 17.1. The number of aliphatic imine (C=N–C) groups is 1. The molecular weight excluding hydrogens is 516 g/mol. The second kappa shape index (κ2) is 11.8. The van der Waals surface area contributed by atoms with E-state index in [0.717, 1.165) is 50.2 Å². The number of ether oxygens (including phenoxy) is 3. The lowest BCUT2D eigenvalue weighted by atomic mass is 10.1. The van der Waals surface area contributed by atoms with Gasteiger partial charge in [0.1, 0.15) is 6.61 Å². The van der Waals surface area contributed by atoms with Gasteiger partial charge in [0.05, 0.1) is 0 Å². The first-order valence-electron chi connectivity index (χ1n) is 9.65. The molecular formula is C19H28F3IN4O3. The summed E-state index contributed by atoms with van der Waals surface area (Å²) in [5.41, 5.74) is 1.18. The van der Waals surface area contributed by atoms with Gasteiger partial charge < -0.3 is 24.4 Å². The zero-order valence-corrected chi connectivity index (χ0v) is 19.2. The van der Waals surface area contributed by atoms with Crippen LogP contribution in [-0.4, -0.2) is 81.7 Å². The van der Waals surface area contributed by atoms with E-state index in [1.165, 1.54) is 5.56 Å². The Kier molecular flexibility index (Phi) is 9.75. The van der Waals surface area contributed by atoms with E-state index in [-0.39, 0.29) is 37.4 Å². The van der Waals surface area contributed by atoms with Crippen LogP contribution in [0.15, 0.2) is 23.2 Å². The maximum absolute atomic E-state index is 12.0. The molecule has 1 saturated heterocycles. The second-order valence-electron chi connectivity index (χ2n) is 6.95. The monoisotopic (exact) mass is 544 g/mol. The number of halogens is 4. The molecule has 0 aromatic heterocycles. The summed E-state index contributed by atoms with van der Waals surface area (Å²) in [7, 11) is 1.71. The minimum Gasteiger partial charge on any atom is -0.454 e. The first kappa shape index (κ1) is 24.8. The van der Waals surface area contributed by atoms with Crippen LogP contribution in [0.4, 0.5) is 13.2 Å². The second-order valence-corrected chi connectivity index (χ2v) is 6.95. The quantitative estimate of drug-likeness (QED) is 0.247. The Hall–Kier alpha value is -1.47. The number of nitrogens with zero attached hydrogens (tertiary/aromatic N) is 3. The topological polar surface area (TPSA) is 58.6 Å². The van der Waals surface area contributed by atoms with Crippen LogP contribution >= 0.6 is 24.0 Å². The Bertz CT molecular complexity index is 698. The molecule has 0 amide bonds. The van der Waals surface area contributed by atoms with Crippen molar-refractivity contribution >= 4 is 29.9 Å². The highest BCUT2D eigenvalue weighted by Crippen LogP contribution is 2.32. The molecule has 0 bridgehead atoms. The average molecular weight is 544 g/mol. The van der Waals surface area contributed by atoms with Gasteiger partial charge in [-0.3, -0.25) is 9.89 Å². The van der Waals surface area contributed by atoms with E-state index in [1.54, 1.807) is 7.05 Å². The van der Waals surface area contributed by atoms with Gasteiger partial charge in [0.2, 0.25) is 6.79 Å². The van der Waals surface area contributed by atoms with E-state index in [9.17, 15) is 13.2 Å². The molecule has 2 heterocycles. The van der Waals surface area contributed by atoms with Gasteiger partial charge in [0.15, 0.2) is 17.5 Å². The van der Waals surface area contributed by atoms with Gasteiger partial charge in [-0.05, 0) is 24.1 Å². The maximum atomic E-state index is 12.0. The summed E-state index contributed by atoms with van der Waals surface area (Å²) >= 11 is 0. The molecule has 2 aliphatic heterocycles. The van der Waals surface area contributed by atoms with E-state index in [0.29, 0.717) is 13.0 Å². The van der Waals surface area contributed by atoms with E-state index < -0.39 is 12.8 Å². The van der Waals surface area contributed by atoms with Gasteiger partial charge in [-0.25, -0.2) is 0 Å². The Balaban J connectivity index is 0.00000320. The molecule has 3 rings (SSSR count). The van der Waals surface area contributed by atoms with Crippen LogP contribution in [0.25, 0.3) is 0 Å². The predicted octanol–water partition coefficient (Wildman–Crippen LogP) is 2.70. The van der Waals surface area contributed by atoms with Crippen molar-refractivity contribution in [3.05, 3.63) is 23.8 Å². The fourth-order valence-electron chi connectivity index (χ4n) is 3.31. The minimum absolute atomic E-state index is 0. The van der Waals surface area contributed by atoms with Crippen LogP contribution in [0, 0.1) is 0 Å². The van der Waals surface area contributed by atoms with Gasteiger partial charge in [-0.1, -0.05) is 6.07 Å². The van der Waals surface area contributed by atoms with Crippen LogP contribution in [0.3, 0.4) is 0 Å². The van der Waals surface area contributed by atoms with Gasteiger partial charge in [0, 0.05) is 52.9 Å². The molecule has 0 radical (unpaired) electrons. The van der Waals surface area contributed by atoms with E-state index in [1.807, 2.05) is 12.1 Å². The van der Waals surface area contributed by atoms with Crippen LogP contribution in [0.1, 0.15) is 12.0 Å². The molecule has 1 aromatic rings. The largest absolute Gasteiger partial charge is 0.454 e. The summed E-state index contributed by atoms with van der Waals surface area (Å²) < 4.78 is 51.5. The van der Waals surface area contributed by atoms with Crippen molar-refractivity contribution in [2.45, 2.75) is 19.1 Å². The summed E-state index contributed by atoms with van der Waals surface area (Å²) in [5, 5.41) is 3.20. The van der Waals surface area contributed by atoms with Crippen LogP contribution < -0.4 is 14.8 Å². The highest BCUT2D eigenvalue weighted by Gasteiger charge is 2.27. The number of rotatable bonds is 7. The van der Waals surface area contributed by atoms with Crippen LogP contribution in [-0.2, 0) is 11.3 Å². The van der Waals surface area contributed by atoms with E-state index in [2.05, 4.69) is 30.9 Å². The van der Waals surface area contributed by atoms with Crippen molar-refractivity contribution in [3.63, 3.8) is 0 Å². The molecule has 1 aromatic carbocycles. The fraction of sp³-hybridized carbons (Fsp3) is 0.632. The van der Waals surface area contributed by atoms with Gasteiger partial charge >= 0.3 is 6.18 Å². The third-order valence-corrected chi connectivity index (χ3v) is 4.74. The van der Waals surface area contributed by atoms with Crippen LogP contribution in [0.5, 0.6) is 11.5 Å². The molecule has 1 fully saturated rings. The molecule has 2 aliphatic rings. The summed E-state index contributed by atoms with van der Waals surface area (Å²) in [6.45, 7) is 3.93. The molecule has 1 N–H and O–H groups in total. The minimum atomic E-state index is -4.27. The number of piperazine rings is 1. The molecule has 11 heteroatoms. The standard InChI is InChI=1S/C19H27F3N4O3.HI/c1-23-18(24-5-2-10-27-13-19(20,21)22)26-8-6-25(7-9-26)12-15-3-4-16-17(11-15)29-14-28-16;/h3-4,11H,2,5-10,12-14H2,1H3,(H,23,24);1H. The molecule has 0 atom stereocenters. The van der Waals surface area contributed by atoms with Crippen molar-refractivity contribution in [3.8, 4) is 11.5 Å². The first-order valence-corrected chi connectivity index (χ1v) is 9.65. The average Bonchev–Trinajstić information content (AvgIpc) is 3.15. The van der Waals surface area contributed by atoms with Crippen molar-refractivity contribution in [1.82, 2.24) is 15.1 Å². The van der Waals surface area contributed by atoms with Gasteiger partial charge in [0.25, 0.3) is 0 Å². The van der Waals surface area contributed by atoms with Crippen molar-refractivity contribution < 1.29 is 27.4 Å². The van der Waals surface area contributed by atoms with E-state index in [4.69, 9.17) is 9.47 Å². The number of guanidine groups is 1. The molecule has 30 heavy (non-hydrogen) atoms. The fourth-order valence-corrected chi connectivity index (χ4v) is 3.31. The number of nitrogens with one attached hydrogen (secondary N) is 1. The van der Waals surface area contributed by atoms with Gasteiger partial charge in [-0.2, -0.15) is 13.2 Å². The first-order chi connectivity index (χ1) is 13.9. The summed E-state index contributed by atoms with van der Waals surface area (Å²) in [6.07, 6.45) is -3.79. The lowest BCUT2D eigenvalue weighted by Crippen LogP contribution is -2.52. The summed E-state index contributed by atoms with van der Waals surface area (Å²) in [5.74, 6) is 2.35.